The minimum absolute atomic E-state index is 0.611. The Morgan fingerprint density at radius 2 is 1.71 bits per heavy atom. The van der Waals surface area contributed by atoms with Crippen molar-refractivity contribution in [3.63, 3.8) is 0 Å². The third kappa shape index (κ3) is 5.84. The van der Waals surface area contributed by atoms with Crippen LogP contribution in [0.15, 0.2) is 12.1 Å². The van der Waals surface area contributed by atoms with Crippen molar-refractivity contribution in [3.8, 4) is 17.2 Å². The normalized spacial score (nSPS) is 10.8. The molecule has 4 nitrogen and oxygen atoms in total. The van der Waals surface area contributed by atoms with Gasteiger partial charge >= 0.3 is 0 Å². The van der Waals surface area contributed by atoms with Crippen molar-refractivity contribution in [1.29, 1.82) is 0 Å². The van der Waals surface area contributed by atoms with Gasteiger partial charge in [0.2, 0.25) is 5.75 Å². The molecule has 1 aromatic carbocycles. The van der Waals surface area contributed by atoms with Gasteiger partial charge in [0.15, 0.2) is 11.5 Å². The monoisotopic (exact) mass is 295 g/mol. The first-order valence-corrected chi connectivity index (χ1v) is 7.70. The summed E-state index contributed by atoms with van der Waals surface area (Å²) in [4.78, 5) is 0. The van der Waals surface area contributed by atoms with Crippen molar-refractivity contribution in [2.24, 2.45) is 5.92 Å². The summed E-state index contributed by atoms with van der Waals surface area (Å²) in [7, 11) is 3.32. The number of hydrogen-bond acceptors (Lipinski definition) is 4. The second-order valence-electron chi connectivity index (χ2n) is 5.54. The summed E-state index contributed by atoms with van der Waals surface area (Å²) in [6.45, 7) is 8.97. The van der Waals surface area contributed by atoms with E-state index in [1.807, 2.05) is 12.1 Å². The largest absolute Gasteiger partial charge is 0.493 e. The third-order valence-electron chi connectivity index (χ3n) is 3.22. The van der Waals surface area contributed by atoms with Crippen LogP contribution in [0.2, 0.25) is 0 Å². The van der Waals surface area contributed by atoms with Crippen molar-refractivity contribution in [3.05, 3.63) is 17.7 Å². The molecule has 0 fully saturated rings. The molecule has 0 aliphatic heterocycles. The fourth-order valence-corrected chi connectivity index (χ4v) is 1.98. The molecule has 0 saturated heterocycles. The van der Waals surface area contributed by atoms with E-state index in [1.54, 1.807) is 14.2 Å². The predicted octanol–water partition coefficient (Wildman–Crippen LogP) is 3.63. The Kier molecular flexibility index (Phi) is 7.98. The van der Waals surface area contributed by atoms with Gasteiger partial charge in [0, 0.05) is 6.54 Å². The highest BCUT2D eigenvalue weighted by molar-refractivity contribution is 5.53. The molecule has 0 aliphatic carbocycles. The van der Waals surface area contributed by atoms with E-state index in [0.717, 1.165) is 43.0 Å². The van der Waals surface area contributed by atoms with E-state index in [-0.39, 0.29) is 0 Å². The zero-order valence-electron chi connectivity index (χ0n) is 14.0. The second kappa shape index (κ2) is 9.50. The van der Waals surface area contributed by atoms with Gasteiger partial charge in [-0.2, -0.15) is 0 Å². The van der Waals surface area contributed by atoms with E-state index in [1.165, 1.54) is 0 Å². The van der Waals surface area contributed by atoms with E-state index < -0.39 is 0 Å². The van der Waals surface area contributed by atoms with Crippen LogP contribution in [0.25, 0.3) is 0 Å². The van der Waals surface area contributed by atoms with Crippen LogP contribution in [0.3, 0.4) is 0 Å². The highest BCUT2D eigenvalue weighted by atomic mass is 16.5. The van der Waals surface area contributed by atoms with Gasteiger partial charge in [-0.1, -0.05) is 20.8 Å². The fraction of sp³-hybridized carbons (Fsp3) is 0.647. The first-order valence-electron chi connectivity index (χ1n) is 7.70. The molecule has 120 valence electrons. The molecule has 0 aliphatic rings. The summed E-state index contributed by atoms with van der Waals surface area (Å²) >= 11 is 0. The summed E-state index contributed by atoms with van der Waals surface area (Å²) in [6.07, 6.45) is 2.12. The van der Waals surface area contributed by atoms with Crippen molar-refractivity contribution in [1.82, 2.24) is 5.32 Å². The summed E-state index contributed by atoms with van der Waals surface area (Å²) in [5.41, 5.74) is 1.13. The lowest BCUT2D eigenvalue weighted by molar-refractivity contribution is 0.257. The van der Waals surface area contributed by atoms with Gasteiger partial charge < -0.3 is 19.5 Å². The van der Waals surface area contributed by atoms with Crippen LogP contribution in [0.5, 0.6) is 17.2 Å². The third-order valence-corrected chi connectivity index (χ3v) is 3.22. The molecule has 0 amide bonds. The summed E-state index contributed by atoms with van der Waals surface area (Å²) in [6, 6.07) is 4.02. The highest BCUT2D eigenvalue weighted by Crippen LogP contribution is 2.38. The van der Waals surface area contributed by atoms with Crippen molar-refractivity contribution in [2.45, 2.75) is 40.2 Å². The van der Waals surface area contributed by atoms with E-state index in [2.05, 4.69) is 26.1 Å². The zero-order valence-corrected chi connectivity index (χ0v) is 14.0. The van der Waals surface area contributed by atoms with E-state index in [0.29, 0.717) is 18.3 Å². The maximum Gasteiger partial charge on any atom is 0.203 e. The lowest BCUT2D eigenvalue weighted by Gasteiger charge is -2.17. The van der Waals surface area contributed by atoms with E-state index in [9.17, 15) is 0 Å². The average Bonchev–Trinajstić information content (AvgIpc) is 2.47. The van der Waals surface area contributed by atoms with Gasteiger partial charge in [-0.05, 0) is 43.0 Å². The molecule has 0 saturated carbocycles. The Morgan fingerprint density at radius 3 is 2.19 bits per heavy atom. The SMILES string of the molecule is CCCNCc1cc(OC)c(OCCC(C)C)c(OC)c1. The van der Waals surface area contributed by atoms with Crippen LogP contribution in [0.1, 0.15) is 39.2 Å². The summed E-state index contributed by atoms with van der Waals surface area (Å²) < 4.78 is 16.8. The van der Waals surface area contributed by atoms with Gasteiger partial charge in [-0.15, -0.1) is 0 Å². The number of benzene rings is 1. The van der Waals surface area contributed by atoms with Gasteiger partial charge in [-0.3, -0.25) is 0 Å². The van der Waals surface area contributed by atoms with Gasteiger partial charge in [0.1, 0.15) is 0 Å². The maximum absolute atomic E-state index is 5.87. The van der Waals surface area contributed by atoms with Gasteiger partial charge in [-0.25, -0.2) is 0 Å². The van der Waals surface area contributed by atoms with E-state index in [4.69, 9.17) is 14.2 Å². The van der Waals surface area contributed by atoms with Crippen LogP contribution >= 0.6 is 0 Å². The molecule has 4 heteroatoms. The fourth-order valence-electron chi connectivity index (χ4n) is 1.98. The van der Waals surface area contributed by atoms with Crippen molar-refractivity contribution in [2.75, 3.05) is 27.4 Å². The first kappa shape index (κ1) is 17.6. The Balaban J connectivity index is 2.85. The molecule has 0 spiro atoms. The van der Waals surface area contributed by atoms with E-state index >= 15 is 0 Å². The topological polar surface area (TPSA) is 39.7 Å². The minimum Gasteiger partial charge on any atom is -0.493 e. The lowest BCUT2D eigenvalue weighted by atomic mass is 10.1. The number of rotatable bonds is 10. The highest BCUT2D eigenvalue weighted by Gasteiger charge is 2.14. The molecule has 1 N–H and O–H groups in total. The zero-order chi connectivity index (χ0) is 15.7. The molecule has 0 atom stereocenters. The number of hydrogen-bond donors (Lipinski definition) is 1. The van der Waals surface area contributed by atoms with Crippen LogP contribution in [-0.2, 0) is 6.54 Å². The smallest absolute Gasteiger partial charge is 0.203 e. The molecule has 0 unspecified atom stereocenters. The Bertz CT molecular complexity index is 393. The molecule has 0 aromatic heterocycles. The Labute approximate surface area is 128 Å². The Hall–Kier alpha value is -1.42. The van der Waals surface area contributed by atoms with Crippen LogP contribution in [-0.4, -0.2) is 27.4 Å². The summed E-state index contributed by atoms with van der Waals surface area (Å²) in [5.74, 6) is 2.76. The van der Waals surface area contributed by atoms with Gasteiger partial charge in [0.05, 0.1) is 20.8 Å². The van der Waals surface area contributed by atoms with Crippen LogP contribution in [0, 0.1) is 5.92 Å². The number of methoxy groups -OCH3 is 2. The standard InChI is InChI=1S/C17H29NO3/c1-6-8-18-12-14-10-15(19-4)17(16(11-14)20-5)21-9-7-13(2)3/h10-11,13,18H,6-9,12H2,1-5H3. The average molecular weight is 295 g/mol. The Morgan fingerprint density at radius 1 is 1.10 bits per heavy atom. The second-order valence-corrected chi connectivity index (χ2v) is 5.54. The van der Waals surface area contributed by atoms with Gasteiger partial charge in [0.25, 0.3) is 0 Å². The first-order chi connectivity index (χ1) is 10.1. The molecule has 0 bridgehead atoms. The number of ether oxygens (including phenoxy) is 3. The molecule has 1 rings (SSSR count). The molecular weight excluding hydrogens is 266 g/mol. The molecular formula is C17H29NO3. The quantitative estimate of drug-likeness (QED) is 0.669. The number of nitrogens with one attached hydrogen (secondary N) is 1. The van der Waals surface area contributed by atoms with Crippen molar-refractivity contribution >= 4 is 0 Å². The minimum atomic E-state index is 0.611. The van der Waals surface area contributed by atoms with Crippen LogP contribution < -0.4 is 19.5 Å². The molecule has 21 heavy (non-hydrogen) atoms. The van der Waals surface area contributed by atoms with Crippen LogP contribution in [0.4, 0.5) is 0 Å². The predicted molar refractivity (Wildman–Crippen MR) is 86.5 cm³/mol. The molecule has 0 heterocycles. The summed E-state index contributed by atoms with van der Waals surface area (Å²) in [5, 5.41) is 3.38. The molecule has 0 radical (unpaired) electrons. The van der Waals surface area contributed by atoms with Crippen molar-refractivity contribution < 1.29 is 14.2 Å². The lowest BCUT2D eigenvalue weighted by Crippen LogP contribution is -2.14. The molecule has 1 aromatic rings. The maximum atomic E-state index is 5.87.